The van der Waals surface area contributed by atoms with E-state index in [2.05, 4.69) is 35.0 Å². The van der Waals surface area contributed by atoms with E-state index in [9.17, 15) is 4.79 Å². The predicted octanol–water partition coefficient (Wildman–Crippen LogP) is 4.03. The first-order chi connectivity index (χ1) is 9.63. The summed E-state index contributed by atoms with van der Waals surface area (Å²) in [4.78, 5) is 16.7. The largest absolute Gasteiger partial charge is 0.347 e. The van der Waals surface area contributed by atoms with Crippen molar-refractivity contribution in [2.45, 2.75) is 52.0 Å². The zero-order chi connectivity index (χ0) is 14.1. The Labute approximate surface area is 123 Å². The van der Waals surface area contributed by atoms with Crippen molar-refractivity contribution >= 4 is 17.1 Å². The maximum Gasteiger partial charge on any atom is 0.164 e. The molecule has 2 aromatic heterocycles. The van der Waals surface area contributed by atoms with E-state index >= 15 is 0 Å². The smallest absolute Gasteiger partial charge is 0.164 e. The van der Waals surface area contributed by atoms with E-state index in [4.69, 9.17) is 0 Å². The van der Waals surface area contributed by atoms with Crippen LogP contribution in [0, 0.1) is 0 Å². The molecule has 0 aromatic carbocycles. The van der Waals surface area contributed by atoms with Crippen LogP contribution in [0.1, 0.15) is 65.7 Å². The van der Waals surface area contributed by atoms with Gasteiger partial charge in [0.05, 0.1) is 17.2 Å². The van der Waals surface area contributed by atoms with Gasteiger partial charge in [0.15, 0.2) is 5.78 Å². The first kappa shape index (κ1) is 13.6. The number of aryl methyl sites for hydroxylation is 1. The van der Waals surface area contributed by atoms with Gasteiger partial charge in [0.1, 0.15) is 0 Å². The van der Waals surface area contributed by atoms with Crippen molar-refractivity contribution in [1.29, 1.82) is 0 Å². The Morgan fingerprint density at radius 2 is 2.10 bits per heavy atom. The predicted molar refractivity (Wildman–Crippen MR) is 81.6 cm³/mol. The molecule has 0 atom stereocenters. The summed E-state index contributed by atoms with van der Waals surface area (Å²) in [5.74, 6) is 0.786. The van der Waals surface area contributed by atoms with Crippen LogP contribution < -0.4 is 0 Å². The molecule has 0 unspecified atom stereocenters. The van der Waals surface area contributed by atoms with Gasteiger partial charge in [-0.25, -0.2) is 4.98 Å². The van der Waals surface area contributed by atoms with Crippen LogP contribution in [0.15, 0.2) is 17.8 Å². The van der Waals surface area contributed by atoms with E-state index in [0.717, 1.165) is 37.1 Å². The normalized spacial score (nSPS) is 15.4. The van der Waals surface area contributed by atoms with Crippen LogP contribution in [0.3, 0.4) is 0 Å². The zero-order valence-corrected chi connectivity index (χ0v) is 12.9. The highest BCUT2D eigenvalue weighted by molar-refractivity contribution is 7.09. The highest BCUT2D eigenvalue weighted by atomic mass is 32.1. The van der Waals surface area contributed by atoms with Crippen molar-refractivity contribution in [3.8, 4) is 0 Å². The number of rotatable bonds is 3. The lowest BCUT2D eigenvalue weighted by molar-refractivity contribution is 0.0982. The molecule has 3 nitrogen and oxygen atoms in total. The average molecular weight is 288 g/mol. The topological polar surface area (TPSA) is 34.9 Å². The number of hydrogen-bond donors (Lipinski definition) is 0. The van der Waals surface area contributed by atoms with Crippen LogP contribution in [-0.2, 0) is 13.0 Å². The first-order valence-corrected chi connectivity index (χ1v) is 8.17. The first-order valence-electron chi connectivity index (χ1n) is 7.29. The Hall–Kier alpha value is -1.42. The number of carbonyl (C=O) groups is 1. The van der Waals surface area contributed by atoms with Crippen LogP contribution in [0.2, 0.25) is 0 Å². The Morgan fingerprint density at radius 1 is 1.30 bits per heavy atom. The molecule has 0 spiro atoms. The summed E-state index contributed by atoms with van der Waals surface area (Å²) in [5.41, 5.74) is 3.24. The molecule has 0 bridgehead atoms. The van der Waals surface area contributed by atoms with Gasteiger partial charge in [-0.15, -0.1) is 11.3 Å². The summed E-state index contributed by atoms with van der Waals surface area (Å²) >= 11 is 1.72. The molecule has 0 radical (unpaired) electrons. The van der Waals surface area contributed by atoms with E-state index < -0.39 is 0 Å². The fourth-order valence-electron chi connectivity index (χ4n) is 2.68. The maximum atomic E-state index is 12.0. The third-order valence-corrected chi connectivity index (χ3v) is 4.96. The average Bonchev–Trinajstić information content (AvgIpc) is 2.99. The summed E-state index contributed by atoms with van der Waals surface area (Å²) in [5, 5.41) is 3.31. The molecule has 0 amide bonds. The number of Topliss-reactive ketones (excluding diaryl/α,β-unsaturated/α-hetero) is 1. The van der Waals surface area contributed by atoms with Gasteiger partial charge in [-0.1, -0.05) is 13.8 Å². The molecule has 0 fully saturated rings. The van der Waals surface area contributed by atoms with Crippen molar-refractivity contribution in [3.63, 3.8) is 0 Å². The summed E-state index contributed by atoms with van der Waals surface area (Å²) in [6.45, 7) is 5.10. The van der Waals surface area contributed by atoms with Gasteiger partial charge < -0.3 is 4.57 Å². The molecule has 1 aliphatic rings. The van der Waals surface area contributed by atoms with Crippen LogP contribution in [0.25, 0.3) is 0 Å². The molecule has 0 N–H and O–H groups in total. The van der Waals surface area contributed by atoms with Crippen LogP contribution in [-0.4, -0.2) is 15.3 Å². The standard InChI is InChI=1S/C16H20N2OS/c1-11(2)16-17-13(10-20-16)8-18-7-12-5-3-4-6-15(19)14(12)9-18/h7,9-11H,3-6,8H2,1-2H3. The van der Waals surface area contributed by atoms with E-state index in [1.54, 1.807) is 11.3 Å². The highest BCUT2D eigenvalue weighted by Crippen LogP contribution is 2.23. The van der Waals surface area contributed by atoms with Crippen molar-refractivity contribution in [1.82, 2.24) is 9.55 Å². The molecule has 106 valence electrons. The van der Waals surface area contributed by atoms with Gasteiger partial charge in [0.2, 0.25) is 0 Å². The third kappa shape index (κ3) is 2.70. The van der Waals surface area contributed by atoms with Crippen molar-refractivity contribution in [2.75, 3.05) is 0 Å². The molecular formula is C16H20N2OS. The zero-order valence-electron chi connectivity index (χ0n) is 12.1. The van der Waals surface area contributed by atoms with Crippen molar-refractivity contribution in [2.24, 2.45) is 0 Å². The lowest BCUT2D eigenvalue weighted by Crippen LogP contribution is -1.99. The molecule has 4 heteroatoms. The van der Waals surface area contributed by atoms with Crippen LogP contribution in [0.5, 0.6) is 0 Å². The summed E-state index contributed by atoms with van der Waals surface area (Å²) in [7, 11) is 0. The Balaban J connectivity index is 1.81. The number of nitrogens with zero attached hydrogens (tertiary/aromatic N) is 2. The third-order valence-electron chi connectivity index (χ3n) is 3.77. The minimum absolute atomic E-state index is 0.303. The fourth-order valence-corrected chi connectivity index (χ4v) is 3.51. The molecule has 0 saturated carbocycles. The van der Waals surface area contributed by atoms with Crippen molar-refractivity contribution in [3.05, 3.63) is 39.6 Å². The van der Waals surface area contributed by atoms with Gasteiger partial charge in [0.25, 0.3) is 0 Å². The van der Waals surface area contributed by atoms with Crippen molar-refractivity contribution < 1.29 is 4.79 Å². The Bertz CT molecular complexity index is 624. The minimum atomic E-state index is 0.303. The molecule has 2 heterocycles. The van der Waals surface area contributed by atoms with Crippen LogP contribution >= 0.6 is 11.3 Å². The molecule has 0 aliphatic heterocycles. The summed E-state index contributed by atoms with van der Waals surface area (Å²) in [6, 6.07) is 0. The molecule has 2 aromatic rings. The quantitative estimate of drug-likeness (QED) is 0.799. The van der Waals surface area contributed by atoms with Gasteiger partial charge in [-0.2, -0.15) is 0 Å². The minimum Gasteiger partial charge on any atom is -0.347 e. The van der Waals surface area contributed by atoms with Gasteiger partial charge in [0, 0.05) is 35.7 Å². The Kier molecular flexibility index (Phi) is 3.74. The SMILES string of the molecule is CC(C)c1nc(Cn2cc3c(c2)C(=O)CCCC3)cs1. The number of ketones is 1. The molecule has 20 heavy (non-hydrogen) atoms. The molecule has 3 rings (SSSR count). The molecule has 0 saturated heterocycles. The van der Waals surface area contributed by atoms with Gasteiger partial charge in [-0.3, -0.25) is 4.79 Å². The lowest BCUT2D eigenvalue weighted by Gasteiger charge is -2.00. The Morgan fingerprint density at radius 3 is 2.85 bits per heavy atom. The maximum absolute atomic E-state index is 12.0. The fraction of sp³-hybridized carbons (Fsp3) is 0.500. The van der Waals surface area contributed by atoms with E-state index in [0.29, 0.717) is 18.1 Å². The van der Waals surface area contributed by atoms with Crippen LogP contribution in [0.4, 0.5) is 0 Å². The monoisotopic (exact) mass is 288 g/mol. The number of carbonyl (C=O) groups excluding carboxylic acids is 1. The van der Waals surface area contributed by atoms with E-state index in [1.165, 1.54) is 10.6 Å². The molecule has 1 aliphatic carbocycles. The number of fused-ring (bicyclic) bond motifs is 1. The number of hydrogen-bond acceptors (Lipinski definition) is 3. The van der Waals surface area contributed by atoms with Gasteiger partial charge in [-0.05, 0) is 24.8 Å². The second-order valence-corrected chi connectivity index (χ2v) is 6.72. The second-order valence-electron chi connectivity index (χ2n) is 5.83. The number of aromatic nitrogens is 2. The number of thiazole rings is 1. The van der Waals surface area contributed by atoms with E-state index in [-0.39, 0.29) is 0 Å². The summed E-state index contributed by atoms with van der Waals surface area (Å²) in [6.07, 6.45) is 8.02. The summed E-state index contributed by atoms with van der Waals surface area (Å²) < 4.78 is 2.12. The highest BCUT2D eigenvalue weighted by Gasteiger charge is 2.18. The van der Waals surface area contributed by atoms with E-state index in [1.807, 2.05) is 6.20 Å². The second kappa shape index (κ2) is 5.52. The lowest BCUT2D eigenvalue weighted by atomic mass is 10.1. The molecular weight excluding hydrogens is 268 g/mol. The van der Waals surface area contributed by atoms with Gasteiger partial charge >= 0.3 is 0 Å².